The molecule has 2 nitrogen and oxygen atoms in total. The molecule has 0 radical (unpaired) electrons. The Morgan fingerprint density at radius 1 is 1.14 bits per heavy atom. The highest BCUT2D eigenvalue weighted by molar-refractivity contribution is 7.98. The van der Waals surface area contributed by atoms with Gasteiger partial charge in [0.25, 0.3) is 0 Å². The van der Waals surface area contributed by atoms with Crippen LogP contribution < -0.4 is 10.2 Å². The van der Waals surface area contributed by atoms with Gasteiger partial charge in [-0.25, -0.2) is 0 Å². The van der Waals surface area contributed by atoms with Crippen molar-refractivity contribution in [3.8, 4) is 0 Å². The van der Waals surface area contributed by atoms with E-state index < -0.39 is 0 Å². The third kappa shape index (κ3) is 3.40. The Kier molecular flexibility index (Phi) is 5.12. The fraction of sp³-hybridized carbons (Fsp3) is 0.667. The maximum Gasteiger partial charge on any atom is 0.0507 e. The molecule has 2 aliphatic rings. The van der Waals surface area contributed by atoms with Crippen molar-refractivity contribution in [1.29, 1.82) is 0 Å². The lowest BCUT2D eigenvalue weighted by Gasteiger charge is -2.44. The van der Waals surface area contributed by atoms with Crippen LogP contribution in [0.15, 0.2) is 29.2 Å². The van der Waals surface area contributed by atoms with Crippen LogP contribution in [0.1, 0.15) is 39.0 Å². The molecule has 21 heavy (non-hydrogen) atoms. The molecule has 1 saturated heterocycles. The Morgan fingerprint density at radius 2 is 1.90 bits per heavy atom. The van der Waals surface area contributed by atoms with Gasteiger partial charge in [-0.2, -0.15) is 0 Å². The molecule has 0 aromatic heterocycles. The molecule has 2 unspecified atom stereocenters. The molecular formula is C18H28N2S. The fourth-order valence-corrected chi connectivity index (χ4v) is 4.55. The molecule has 3 heteroatoms. The highest BCUT2D eigenvalue weighted by Gasteiger charge is 2.31. The highest BCUT2D eigenvalue weighted by atomic mass is 32.2. The van der Waals surface area contributed by atoms with Crippen molar-refractivity contribution in [2.75, 3.05) is 24.2 Å². The summed E-state index contributed by atoms with van der Waals surface area (Å²) in [5.41, 5.74) is 1.43. The zero-order valence-electron chi connectivity index (χ0n) is 13.3. The van der Waals surface area contributed by atoms with E-state index in [0.29, 0.717) is 12.1 Å². The topological polar surface area (TPSA) is 15.3 Å². The summed E-state index contributed by atoms with van der Waals surface area (Å²) in [5.74, 6) is 0.884. The maximum atomic E-state index is 3.83. The average molecular weight is 305 g/mol. The summed E-state index contributed by atoms with van der Waals surface area (Å²) in [7, 11) is 0. The van der Waals surface area contributed by atoms with Gasteiger partial charge in [0.15, 0.2) is 0 Å². The SMILES string of the molecule is CSc1ccccc1N1CC(C2CCCCC2)NCC1C. The van der Waals surface area contributed by atoms with E-state index in [2.05, 4.69) is 47.7 Å². The first kappa shape index (κ1) is 15.2. The van der Waals surface area contributed by atoms with Crippen molar-refractivity contribution in [2.24, 2.45) is 5.92 Å². The molecule has 0 amide bonds. The van der Waals surface area contributed by atoms with E-state index in [0.717, 1.165) is 12.5 Å². The first-order valence-electron chi connectivity index (χ1n) is 8.42. The largest absolute Gasteiger partial charge is 0.365 e. The van der Waals surface area contributed by atoms with Crippen LogP contribution in [-0.4, -0.2) is 31.4 Å². The van der Waals surface area contributed by atoms with E-state index in [-0.39, 0.29) is 0 Å². The van der Waals surface area contributed by atoms with Crippen molar-refractivity contribution < 1.29 is 0 Å². The normalized spacial score (nSPS) is 27.8. The Balaban J connectivity index is 1.76. The number of nitrogens with one attached hydrogen (secondary N) is 1. The van der Waals surface area contributed by atoms with E-state index >= 15 is 0 Å². The lowest BCUT2D eigenvalue weighted by molar-refractivity contribution is 0.244. The second-order valence-corrected chi connectivity index (χ2v) is 7.43. The predicted molar refractivity (Wildman–Crippen MR) is 93.4 cm³/mol. The van der Waals surface area contributed by atoms with Crippen molar-refractivity contribution in [3.05, 3.63) is 24.3 Å². The Morgan fingerprint density at radius 3 is 2.67 bits per heavy atom. The monoisotopic (exact) mass is 304 g/mol. The van der Waals surface area contributed by atoms with Crippen LogP contribution in [0.25, 0.3) is 0 Å². The molecule has 1 aromatic rings. The van der Waals surface area contributed by atoms with Crippen LogP contribution in [0.5, 0.6) is 0 Å². The number of anilines is 1. The summed E-state index contributed by atoms with van der Waals surface area (Å²) < 4.78 is 0. The van der Waals surface area contributed by atoms with Crippen LogP contribution in [0.3, 0.4) is 0 Å². The van der Waals surface area contributed by atoms with Crippen LogP contribution in [0.4, 0.5) is 5.69 Å². The van der Waals surface area contributed by atoms with Gasteiger partial charge in [-0.05, 0) is 44.1 Å². The molecule has 116 valence electrons. The van der Waals surface area contributed by atoms with Gasteiger partial charge in [0.05, 0.1) is 5.69 Å². The minimum absolute atomic E-state index is 0.582. The summed E-state index contributed by atoms with van der Waals surface area (Å²) in [5, 5.41) is 3.83. The molecule has 2 atom stereocenters. The third-order valence-electron chi connectivity index (χ3n) is 5.21. The predicted octanol–water partition coefficient (Wildman–Crippen LogP) is 4.16. The summed E-state index contributed by atoms with van der Waals surface area (Å²) in [4.78, 5) is 4.05. The van der Waals surface area contributed by atoms with Gasteiger partial charge in [0, 0.05) is 30.1 Å². The average Bonchev–Trinajstić information content (AvgIpc) is 2.56. The lowest BCUT2D eigenvalue weighted by atomic mass is 9.82. The summed E-state index contributed by atoms with van der Waals surface area (Å²) in [6, 6.07) is 10.1. The molecule has 1 saturated carbocycles. The number of piperazine rings is 1. The summed E-state index contributed by atoms with van der Waals surface area (Å²) in [6.45, 7) is 4.63. The van der Waals surface area contributed by atoms with Crippen molar-refractivity contribution in [1.82, 2.24) is 5.32 Å². The minimum atomic E-state index is 0.582. The van der Waals surface area contributed by atoms with Gasteiger partial charge in [0.2, 0.25) is 0 Å². The molecule has 2 fully saturated rings. The number of para-hydroxylation sites is 1. The van der Waals surface area contributed by atoms with Crippen LogP contribution >= 0.6 is 11.8 Å². The number of thioether (sulfide) groups is 1. The molecule has 1 aliphatic heterocycles. The molecule has 3 rings (SSSR count). The molecule has 1 aromatic carbocycles. The van der Waals surface area contributed by atoms with Gasteiger partial charge in [0.1, 0.15) is 0 Å². The number of hydrogen-bond acceptors (Lipinski definition) is 3. The molecular weight excluding hydrogens is 276 g/mol. The fourth-order valence-electron chi connectivity index (χ4n) is 3.94. The van der Waals surface area contributed by atoms with E-state index in [1.54, 1.807) is 0 Å². The number of nitrogens with zero attached hydrogens (tertiary/aromatic N) is 1. The Hall–Kier alpha value is -0.670. The van der Waals surface area contributed by atoms with Gasteiger partial charge in [-0.1, -0.05) is 31.4 Å². The zero-order chi connectivity index (χ0) is 14.7. The standard InChI is InChI=1S/C18H28N2S/c1-14-12-19-16(15-8-4-3-5-9-15)13-20(14)17-10-6-7-11-18(17)21-2/h6-7,10-11,14-16,19H,3-5,8-9,12-13H2,1-2H3. The smallest absolute Gasteiger partial charge is 0.0507 e. The van der Waals surface area contributed by atoms with Crippen LogP contribution in [-0.2, 0) is 0 Å². The second kappa shape index (κ2) is 7.06. The summed E-state index contributed by atoms with van der Waals surface area (Å²) in [6.07, 6.45) is 9.33. The van der Waals surface area contributed by atoms with E-state index in [4.69, 9.17) is 0 Å². The van der Waals surface area contributed by atoms with Crippen molar-refractivity contribution in [3.63, 3.8) is 0 Å². The maximum absolute atomic E-state index is 3.83. The Labute approximate surface area is 133 Å². The van der Waals surface area contributed by atoms with E-state index in [1.807, 2.05) is 11.8 Å². The number of rotatable bonds is 3. The van der Waals surface area contributed by atoms with Gasteiger partial charge >= 0.3 is 0 Å². The quantitative estimate of drug-likeness (QED) is 0.844. The molecule has 1 aliphatic carbocycles. The first-order chi connectivity index (χ1) is 10.3. The zero-order valence-corrected chi connectivity index (χ0v) is 14.2. The molecule has 1 N–H and O–H groups in total. The first-order valence-corrected chi connectivity index (χ1v) is 9.65. The number of benzene rings is 1. The molecule has 0 bridgehead atoms. The van der Waals surface area contributed by atoms with Gasteiger partial charge < -0.3 is 10.2 Å². The van der Waals surface area contributed by atoms with Gasteiger partial charge in [-0.15, -0.1) is 11.8 Å². The van der Waals surface area contributed by atoms with E-state index in [9.17, 15) is 0 Å². The Bertz CT molecular complexity index is 456. The van der Waals surface area contributed by atoms with Crippen molar-refractivity contribution in [2.45, 2.75) is 56.0 Å². The van der Waals surface area contributed by atoms with Crippen molar-refractivity contribution >= 4 is 17.4 Å². The molecule has 1 heterocycles. The van der Waals surface area contributed by atoms with Gasteiger partial charge in [-0.3, -0.25) is 0 Å². The van der Waals surface area contributed by atoms with Crippen LogP contribution in [0, 0.1) is 5.92 Å². The minimum Gasteiger partial charge on any atom is -0.365 e. The lowest BCUT2D eigenvalue weighted by Crippen LogP contribution is -2.58. The third-order valence-corrected chi connectivity index (χ3v) is 6.00. The number of hydrogen-bond donors (Lipinski definition) is 1. The summed E-state index contributed by atoms with van der Waals surface area (Å²) >= 11 is 1.87. The van der Waals surface area contributed by atoms with Crippen LogP contribution in [0.2, 0.25) is 0 Å². The molecule has 0 spiro atoms. The highest BCUT2D eigenvalue weighted by Crippen LogP contribution is 2.33. The second-order valence-electron chi connectivity index (χ2n) is 6.59. The van der Waals surface area contributed by atoms with E-state index in [1.165, 1.54) is 49.2 Å².